The van der Waals surface area contributed by atoms with Crippen molar-refractivity contribution in [1.82, 2.24) is 0 Å². The van der Waals surface area contributed by atoms with Gasteiger partial charge in [-0.3, -0.25) is 0 Å². The summed E-state index contributed by atoms with van der Waals surface area (Å²) >= 11 is 0. The first-order chi connectivity index (χ1) is 11.0. The molecular formula is C14H16NO8P. The lowest BCUT2D eigenvalue weighted by Crippen LogP contribution is -2.46. The summed E-state index contributed by atoms with van der Waals surface area (Å²) in [6.07, 6.45) is 1.20. The molecule has 0 saturated carbocycles. The van der Waals surface area contributed by atoms with Gasteiger partial charge in [0.1, 0.15) is 23.2 Å². The van der Waals surface area contributed by atoms with E-state index in [2.05, 4.69) is 4.76 Å². The predicted molar refractivity (Wildman–Crippen MR) is 83.4 cm³/mol. The van der Waals surface area contributed by atoms with Gasteiger partial charge in [0.15, 0.2) is 5.79 Å². The number of nitrogens with zero attached hydrogens (tertiary/aromatic N) is 1. The molecule has 1 aromatic carbocycles. The zero-order chi connectivity index (χ0) is 18.1. The Morgan fingerprint density at radius 3 is 2.17 bits per heavy atom. The number of benzene rings is 1. The SMILES string of the molecule is O=P(O)(O)N=C1C=C(O)C=C(O)C1C(O)(O)Cc1ccc(O)cc1. The number of aliphatic hydroxyl groups is 4. The van der Waals surface area contributed by atoms with Crippen molar-refractivity contribution in [2.45, 2.75) is 12.2 Å². The van der Waals surface area contributed by atoms with Crippen molar-refractivity contribution >= 4 is 13.5 Å². The number of phenolic OH excluding ortho intramolecular Hbond substituents is 1. The molecule has 0 spiro atoms. The summed E-state index contributed by atoms with van der Waals surface area (Å²) in [5.41, 5.74) is -0.204. The van der Waals surface area contributed by atoms with E-state index >= 15 is 0 Å². The van der Waals surface area contributed by atoms with Crippen LogP contribution in [0.5, 0.6) is 5.75 Å². The van der Waals surface area contributed by atoms with E-state index in [0.717, 1.165) is 12.2 Å². The Morgan fingerprint density at radius 2 is 1.62 bits per heavy atom. The minimum absolute atomic E-state index is 0.0303. The van der Waals surface area contributed by atoms with Gasteiger partial charge in [-0.05, 0) is 17.7 Å². The zero-order valence-corrected chi connectivity index (χ0v) is 13.1. The number of aromatic hydroxyl groups is 1. The van der Waals surface area contributed by atoms with Gasteiger partial charge in [-0.25, -0.2) is 4.57 Å². The molecular weight excluding hydrogens is 341 g/mol. The Labute approximate surface area is 136 Å². The minimum Gasteiger partial charge on any atom is -0.511 e. The van der Waals surface area contributed by atoms with Crippen molar-refractivity contribution in [1.29, 1.82) is 0 Å². The summed E-state index contributed by atoms with van der Waals surface area (Å²) in [5, 5.41) is 49.3. The van der Waals surface area contributed by atoms with Crippen LogP contribution >= 0.6 is 7.75 Å². The van der Waals surface area contributed by atoms with Gasteiger partial charge in [0.05, 0.1) is 5.71 Å². The highest BCUT2D eigenvalue weighted by molar-refractivity contribution is 7.50. The summed E-state index contributed by atoms with van der Waals surface area (Å²) in [4.78, 5) is 17.9. The number of rotatable bonds is 4. The third kappa shape index (κ3) is 4.44. The summed E-state index contributed by atoms with van der Waals surface area (Å²) in [6.45, 7) is 0. The molecule has 1 aromatic rings. The molecule has 0 aromatic heterocycles. The molecule has 0 radical (unpaired) electrons. The molecule has 1 aliphatic carbocycles. The fraction of sp³-hybridized carbons (Fsp3) is 0.214. The van der Waals surface area contributed by atoms with Gasteiger partial charge in [-0.15, -0.1) is 0 Å². The van der Waals surface area contributed by atoms with E-state index in [0.29, 0.717) is 5.56 Å². The molecule has 7 N–H and O–H groups in total. The summed E-state index contributed by atoms with van der Waals surface area (Å²) < 4.78 is 14.1. The second kappa shape index (κ2) is 6.39. The summed E-state index contributed by atoms with van der Waals surface area (Å²) in [6, 6.07) is 5.46. The fourth-order valence-electron chi connectivity index (χ4n) is 2.39. The first kappa shape index (κ1) is 18.2. The molecule has 0 bridgehead atoms. The van der Waals surface area contributed by atoms with E-state index < -0.39 is 43.1 Å². The van der Waals surface area contributed by atoms with Gasteiger partial charge in [-0.1, -0.05) is 12.1 Å². The number of hydrogen-bond acceptors (Lipinski definition) is 6. The molecule has 10 heteroatoms. The maximum Gasteiger partial charge on any atom is 0.448 e. The molecule has 0 saturated heterocycles. The molecule has 1 unspecified atom stereocenters. The van der Waals surface area contributed by atoms with E-state index in [1.165, 1.54) is 24.3 Å². The lowest BCUT2D eigenvalue weighted by molar-refractivity contribution is -0.179. The smallest absolute Gasteiger partial charge is 0.448 e. The molecule has 1 atom stereocenters. The Bertz CT molecular complexity index is 759. The van der Waals surface area contributed by atoms with Crippen molar-refractivity contribution < 1.29 is 39.9 Å². The quantitative estimate of drug-likeness (QED) is 0.304. The molecule has 9 nitrogen and oxygen atoms in total. The van der Waals surface area contributed by atoms with E-state index in [4.69, 9.17) is 9.79 Å². The molecule has 1 aliphatic rings. The van der Waals surface area contributed by atoms with E-state index in [1.54, 1.807) is 0 Å². The van der Waals surface area contributed by atoms with Crippen LogP contribution in [-0.2, 0) is 11.0 Å². The van der Waals surface area contributed by atoms with Crippen molar-refractivity contribution in [3.63, 3.8) is 0 Å². The van der Waals surface area contributed by atoms with Gasteiger partial charge >= 0.3 is 7.75 Å². The van der Waals surface area contributed by atoms with Gasteiger partial charge in [-0.2, -0.15) is 4.76 Å². The minimum atomic E-state index is -4.94. The van der Waals surface area contributed by atoms with Crippen molar-refractivity contribution in [2.24, 2.45) is 10.7 Å². The number of aliphatic hydroxyl groups excluding tert-OH is 2. The number of phenols is 1. The van der Waals surface area contributed by atoms with E-state index in [-0.39, 0.29) is 5.75 Å². The number of allylic oxidation sites excluding steroid dienone is 2. The monoisotopic (exact) mass is 357 g/mol. The lowest BCUT2D eigenvalue weighted by atomic mass is 9.84. The Balaban J connectivity index is 2.41. The lowest BCUT2D eigenvalue weighted by Gasteiger charge is -2.32. The van der Waals surface area contributed by atoms with Crippen molar-refractivity contribution in [3.8, 4) is 5.75 Å². The van der Waals surface area contributed by atoms with Crippen LogP contribution < -0.4 is 0 Å². The first-order valence-electron chi connectivity index (χ1n) is 6.67. The van der Waals surface area contributed by atoms with Crippen LogP contribution in [0, 0.1) is 5.92 Å². The van der Waals surface area contributed by atoms with Gasteiger partial charge in [0, 0.05) is 18.6 Å². The standard InChI is InChI=1S/C14H16NO8P/c16-9-3-1-8(2-4-9)7-14(19,20)13-11(15-24(21,22)23)5-10(17)6-12(13)18/h1-6,13,16-20H,7H2,(H2,21,22,23). The average Bonchev–Trinajstić information content (AvgIpc) is 2.37. The van der Waals surface area contributed by atoms with Crippen LogP contribution in [0.4, 0.5) is 0 Å². The van der Waals surface area contributed by atoms with Crippen molar-refractivity contribution in [3.05, 3.63) is 53.5 Å². The predicted octanol–water partition coefficient (Wildman–Crippen LogP) is 0.663. The highest BCUT2D eigenvalue weighted by Gasteiger charge is 2.43. The van der Waals surface area contributed by atoms with E-state index in [1.807, 2.05) is 0 Å². The Hall–Kier alpha value is -2.16. The topological polar surface area (TPSA) is 171 Å². The van der Waals surface area contributed by atoms with Gasteiger partial charge < -0.3 is 35.3 Å². The second-order valence-corrected chi connectivity index (χ2v) is 6.56. The van der Waals surface area contributed by atoms with Gasteiger partial charge in [0.25, 0.3) is 0 Å². The molecule has 0 aliphatic heterocycles. The van der Waals surface area contributed by atoms with Gasteiger partial charge in [0.2, 0.25) is 0 Å². The summed E-state index contributed by atoms with van der Waals surface area (Å²) in [5.74, 6) is -5.64. The normalized spacial score (nSPS) is 20.7. The molecule has 2 rings (SSSR count). The molecule has 0 amide bonds. The van der Waals surface area contributed by atoms with Crippen LogP contribution in [-0.4, -0.2) is 46.8 Å². The van der Waals surface area contributed by atoms with Crippen molar-refractivity contribution in [2.75, 3.05) is 0 Å². The molecule has 0 fully saturated rings. The maximum absolute atomic E-state index is 11.1. The molecule has 24 heavy (non-hydrogen) atoms. The van der Waals surface area contributed by atoms with Crippen LogP contribution in [0.3, 0.4) is 0 Å². The average molecular weight is 357 g/mol. The highest BCUT2D eigenvalue weighted by Crippen LogP contribution is 2.40. The van der Waals surface area contributed by atoms with Crippen LogP contribution in [0.15, 0.2) is 52.7 Å². The first-order valence-corrected chi connectivity index (χ1v) is 8.24. The van der Waals surface area contributed by atoms with Crippen LogP contribution in [0.25, 0.3) is 0 Å². The van der Waals surface area contributed by atoms with E-state index in [9.17, 15) is 30.1 Å². The third-order valence-electron chi connectivity index (χ3n) is 3.29. The third-order valence-corrected chi connectivity index (χ3v) is 3.78. The molecule has 0 heterocycles. The van der Waals surface area contributed by atoms with Crippen LogP contribution in [0.2, 0.25) is 0 Å². The Kier molecular flexibility index (Phi) is 4.84. The number of hydrogen-bond donors (Lipinski definition) is 7. The van der Waals surface area contributed by atoms with Crippen LogP contribution in [0.1, 0.15) is 5.56 Å². The molecule has 130 valence electrons. The maximum atomic E-state index is 11.1. The largest absolute Gasteiger partial charge is 0.511 e. The Morgan fingerprint density at radius 1 is 1.04 bits per heavy atom. The highest BCUT2D eigenvalue weighted by atomic mass is 31.2. The summed E-state index contributed by atoms with van der Waals surface area (Å²) in [7, 11) is -4.94. The zero-order valence-electron chi connectivity index (χ0n) is 12.2. The second-order valence-electron chi connectivity index (χ2n) is 5.33. The fourth-order valence-corrected chi connectivity index (χ4v) is 2.86.